The maximum absolute atomic E-state index is 9.18. The summed E-state index contributed by atoms with van der Waals surface area (Å²) in [5.74, 6) is 1.59. The van der Waals surface area contributed by atoms with E-state index >= 15 is 0 Å². The van der Waals surface area contributed by atoms with Gasteiger partial charge in [0.2, 0.25) is 0 Å². The molecule has 1 rings (SSSR count). The second-order valence-corrected chi connectivity index (χ2v) is 6.15. The average Bonchev–Trinajstić information content (AvgIpc) is 2.32. The largest absolute Gasteiger partial charge is 0.395 e. The van der Waals surface area contributed by atoms with E-state index < -0.39 is 0 Å². The Bertz CT molecular complexity index is 217. The average molecular weight is 256 g/mol. The van der Waals surface area contributed by atoms with Gasteiger partial charge in [0.1, 0.15) is 0 Å². The van der Waals surface area contributed by atoms with Crippen LogP contribution in [0.5, 0.6) is 0 Å². The quantitative estimate of drug-likeness (QED) is 0.732. The van der Waals surface area contributed by atoms with Crippen molar-refractivity contribution in [3.8, 4) is 0 Å². The molecule has 0 aliphatic heterocycles. The summed E-state index contributed by atoms with van der Waals surface area (Å²) in [4.78, 5) is 2.42. The van der Waals surface area contributed by atoms with Gasteiger partial charge >= 0.3 is 0 Å². The van der Waals surface area contributed by atoms with Crippen LogP contribution in [0, 0.1) is 11.8 Å². The summed E-state index contributed by atoms with van der Waals surface area (Å²) in [6, 6.07) is 1.20. The highest BCUT2D eigenvalue weighted by Crippen LogP contribution is 2.30. The van der Waals surface area contributed by atoms with Gasteiger partial charge in [-0.05, 0) is 51.5 Å². The molecule has 0 radical (unpaired) electrons. The fourth-order valence-corrected chi connectivity index (χ4v) is 3.22. The second kappa shape index (κ2) is 8.13. The number of rotatable bonds is 7. The van der Waals surface area contributed by atoms with Gasteiger partial charge in [0.25, 0.3) is 0 Å². The van der Waals surface area contributed by atoms with Gasteiger partial charge in [0.15, 0.2) is 0 Å². The minimum atomic E-state index is 0.270. The summed E-state index contributed by atoms with van der Waals surface area (Å²) in [7, 11) is 0. The third-order valence-electron chi connectivity index (χ3n) is 4.30. The minimum Gasteiger partial charge on any atom is -0.395 e. The van der Waals surface area contributed by atoms with Crippen LogP contribution in [0.25, 0.3) is 0 Å². The van der Waals surface area contributed by atoms with Gasteiger partial charge in [0, 0.05) is 25.2 Å². The summed E-state index contributed by atoms with van der Waals surface area (Å²) in [5, 5.41) is 12.8. The molecule has 3 heteroatoms. The Balaban J connectivity index is 2.57. The molecular weight excluding hydrogens is 224 g/mol. The molecule has 3 unspecified atom stereocenters. The van der Waals surface area contributed by atoms with Crippen molar-refractivity contribution in [1.82, 2.24) is 10.2 Å². The highest BCUT2D eigenvalue weighted by atomic mass is 16.3. The van der Waals surface area contributed by atoms with E-state index in [1.165, 1.54) is 19.3 Å². The molecule has 0 bridgehead atoms. The maximum Gasteiger partial charge on any atom is 0.0558 e. The number of hydrogen-bond acceptors (Lipinski definition) is 3. The molecule has 1 fully saturated rings. The smallest absolute Gasteiger partial charge is 0.0558 e. The van der Waals surface area contributed by atoms with E-state index in [1.807, 2.05) is 0 Å². The normalized spacial score (nSPS) is 29.2. The van der Waals surface area contributed by atoms with Gasteiger partial charge in [-0.1, -0.05) is 13.8 Å². The van der Waals surface area contributed by atoms with E-state index in [1.54, 1.807) is 0 Å². The Hall–Kier alpha value is -0.120. The fourth-order valence-electron chi connectivity index (χ4n) is 3.22. The monoisotopic (exact) mass is 256 g/mol. The van der Waals surface area contributed by atoms with Crippen LogP contribution in [-0.4, -0.2) is 48.3 Å². The minimum absolute atomic E-state index is 0.270. The Kier molecular flexibility index (Phi) is 7.20. The number of nitrogens with one attached hydrogen (secondary N) is 1. The van der Waals surface area contributed by atoms with Crippen LogP contribution in [-0.2, 0) is 0 Å². The summed E-state index contributed by atoms with van der Waals surface area (Å²) in [5.41, 5.74) is 0. The molecule has 0 aromatic heterocycles. The molecule has 2 N–H and O–H groups in total. The van der Waals surface area contributed by atoms with Crippen LogP contribution >= 0.6 is 0 Å². The molecule has 1 aliphatic rings. The molecule has 3 nitrogen and oxygen atoms in total. The number of aliphatic hydroxyl groups is 1. The molecule has 1 saturated carbocycles. The first-order chi connectivity index (χ1) is 8.58. The molecule has 0 heterocycles. The molecular formula is C15H32N2O. The lowest BCUT2D eigenvalue weighted by Gasteiger charge is -2.39. The van der Waals surface area contributed by atoms with E-state index in [9.17, 15) is 5.11 Å². The lowest BCUT2D eigenvalue weighted by atomic mass is 9.78. The molecule has 0 aromatic rings. The Morgan fingerprint density at radius 1 is 1.33 bits per heavy atom. The van der Waals surface area contributed by atoms with Crippen molar-refractivity contribution in [2.45, 2.75) is 59.0 Å². The van der Waals surface area contributed by atoms with Crippen LogP contribution in [0.15, 0.2) is 0 Å². The van der Waals surface area contributed by atoms with Crippen LogP contribution in [0.2, 0.25) is 0 Å². The molecule has 0 spiro atoms. The molecule has 0 aromatic carbocycles. The van der Waals surface area contributed by atoms with E-state index in [0.29, 0.717) is 12.1 Å². The van der Waals surface area contributed by atoms with E-state index in [2.05, 4.69) is 37.9 Å². The van der Waals surface area contributed by atoms with Gasteiger partial charge in [-0.3, -0.25) is 4.90 Å². The summed E-state index contributed by atoms with van der Waals surface area (Å²) in [6.45, 7) is 12.3. The topological polar surface area (TPSA) is 35.5 Å². The van der Waals surface area contributed by atoms with Crippen molar-refractivity contribution >= 4 is 0 Å². The molecule has 108 valence electrons. The molecule has 18 heavy (non-hydrogen) atoms. The highest BCUT2D eigenvalue weighted by Gasteiger charge is 2.29. The van der Waals surface area contributed by atoms with E-state index in [0.717, 1.165) is 31.5 Å². The molecule has 0 amide bonds. The van der Waals surface area contributed by atoms with Crippen molar-refractivity contribution in [2.75, 3.05) is 26.2 Å². The summed E-state index contributed by atoms with van der Waals surface area (Å²) >= 11 is 0. The third kappa shape index (κ3) is 4.87. The van der Waals surface area contributed by atoms with Gasteiger partial charge < -0.3 is 10.4 Å². The Morgan fingerprint density at radius 3 is 2.61 bits per heavy atom. The van der Waals surface area contributed by atoms with Crippen molar-refractivity contribution in [1.29, 1.82) is 0 Å². The van der Waals surface area contributed by atoms with Gasteiger partial charge in [-0.15, -0.1) is 0 Å². The SMILES string of the molecule is CCNC1CCC(C)CC1CN(CCO)C(C)C. The van der Waals surface area contributed by atoms with Crippen molar-refractivity contribution in [3.05, 3.63) is 0 Å². The van der Waals surface area contributed by atoms with E-state index in [4.69, 9.17) is 0 Å². The van der Waals surface area contributed by atoms with Crippen molar-refractivity contribution in [2.24, 2.45) is 11.8 Å². The fraction of sp³-hybridized carbons (Fsp3) is 1.00. The predicted octanol–water partition coefficient (Wildman–Crippen LogP) is 2.10. The van der Waals surface area contributed by atoms with E-state index in [-0.39, 0.29) is 6.61 Å². The Labute approximate surface area is 113 Å². The van der Waals surface area contributed by atoms with Crippen molar-refractivity contribution in [3.63, 3.8) is 0 Å². The zero-order chi connectivity index (χ0) is 13.5. The standard InChI is InChI=1S/C15H32N2O/c1-5-16-15-7-6-13(4)10-14(15)11-17(8-9-18)12(2)3/h12-16,18H,5-11H2,1-4H3. The highest BCUT2D eigenvalue weighted by molar-refractivity contribution is 4.85. The summed E-state index contributed by atoms with van der Waals surface area (Å²) < 4.78 is 0. The van der Waals surface area contributed by atoms with Crippen LogP contribution in [0.1, 0.15) is 47.0 Å². The van der Waals surface area contributed by atoms with Crippen LogP contribution in [0.3, 0.4) is 0 Å². The Morgan fingerprint density at radius 2 is 2.06 bits per heavy atom. The zero-order valence-corrected chi connectivity index (χ0v) is 12.7. The van der Waals surface area contributed by atoms with Gasteiger partial charge in [-0.2, -0.15) is 0 Å². The first kappa shape index (κ1) is 15.9. The first-order valence-electron chi connectivity index (χ1n) is 7.66. The second-order valence-electron chi connectivity index (χ2n) is 6.15. The maximum atomic E-state index is 9.18. The molecule has 1 aliphatic carbocycles. The van der Waals surface area contributed by atoms with Crippen LogP contribution in [0.4, 0.5) is 0 Å². The zero-order valence-electron chi connectivity index (χ0n) is 12.7. The number of hydrogen-bond donors (Lipinski definition) is 2. The first-order valence-corrected chi connectivity index (χ1v) is 7.66. The lowest BCUT2D eigenvalue weighted by Crippen LogP contribution is -2.47. The predicted molar refractivity (Wildman–Crippen MR) is 77.8 cm³/mol. The van der Waals surface area contributed by atoms with Gasteiger partial charge in [-0.25, -0.2) is 0 Å². The van der Waals surface area contributed by atoms with Gasteiger partial charge in [0.05, 0.1) is 6.61 Å². The third-order valence-corrected chi connectivity index (χ3v) is 4.30. The van der Waals surface area contributed by atoms with Crippen molar-refractivity contribution < 1.29 is 5.11 Å². The molecule has 0 saturated heterocycles. The van der Waals surface area contributed by atoms with Crippen LogP contribution < -0.4 is 5.32 Å². The number of aliphatic hydroxyl groups excluding tert-OH is 1. The molecule has 3 atom stereocenters. The lowest BCUT2D eigenvalue weighted by molar-refractivity contribution is 0.105. The number of nitrogens with zero attached hydrogens (tertiary/aromatic N) is 1. The summed E-state index contributed by atoms with van der Waals surface area (Å²) in [6.07, 6.45) is 3.99.